The molecule has 1 heterocycles. The maximum absolute atomic E-state index is 13.8. The van der Waals surface area contributed by atoms with Crippen LogP contribution in [0.1, 0.15) is 35.7 Å². The van der Waals surface area contributed by atoms with Gasteiger partial charge in [-0.15, -0.1) is 0 Å². The zero-order valence-corrected chi connectivity index (χ0v) is 16.1. The van der Waals surface area contributed by atoms with Crippen LogP contribution >= 0.6 is 0 Å². The van der Waals surface area contributed by atoms with Gasteiger partial charge in [-0.25, -0.2) is 4.39 Å². The Kier molecular flexibility index (Phi) is 6.45. The maximum Gasteiger partial charge on any atom is 0.260 e. The second-order valence-corrected chi connectivity index (χ2v) is 6.95. The highest BCUT2D eigenvalue weighted by molar-refractivity contribution is 5.94. The van der Waals surface area contributed by atoms with Gasteiger partial charge in [0.1, 0.15) is 11.6 Å². The third-order valence-corrected chi connectivity index (χ3v) is 4.90. The first-order valence-corrected chi connectivity index (χ1v) is 9.49. The summed E-state index contributed by atoms with van der Waals surface area (Å²) in [5.41, 5.74) is 0.588. The Morgan fingerprint density at radius 3 is 2.45 bits per heavy atom. The second-order valence-electron chi connectivity index (χ2n) is 6.95. The van der Waals surface area contributed by atoms with E-state index in [4.69, 9.17) is 10.00 Å². The van der Waals surface area contributed by atoms with Gasteiger partial charge in [0.2, 0.25) is 0 Å². The van der Waals surface area contributed by atoms with Crippen molar-refractivity contribution in [3.8, 4) is 11.8 Å². The minimum absolute atomic E-state index is 0.0689. The largest absolute Gasteiger partial charge is 0.481 e. The van der Waals surface area contributed by atoms with Gasteiger partial charge in [0, 0.05) is 19.1 Å². The minimum atomic E-state index is -0.694. The van der Waals surface area contributed by atoms with Crippen LogP contribution in [0.4, 0.5) is 4.39 Å². The van der Waals surface area contributed by atoms with Crippen molar-refractivity contribution in [3.05, 3.63) is 65.5 Å². The summed E-state index contributed by atoms with van der Waals surface area (Å²) in [5.74, 6) is -0.586. The van der Waals surface area contributed by atoms with E-state index in [0.29, 0.717) is 37.2 Å². The van der Waals surface area contributed by atoms with E-state index in [1.807, 2.05) is 6.07 Å². The van der Waals surface area contributed by atoms with E-state index in [0.717, 1.165) is 0 Å². The molecule has 7 heteroatoms. The number of nitrogens with one attached hydrogen (secondary N) is 1. The van der Waals surface area contributed by atoms with E-state index in [1.165, 1.54) is 12.1 Å². The second kappa shape index (κ2) is 9.20. The molecule has 1 N–H and O–H groups in total. The smallest absolute Gasteiger partial charge is 0.260 e. The molecule has 29 heavy (non-hydrogen) atoms. The van der Waals surface area contributed by atoms with Crippen LogP contribution in [-0.2, 0) is 4.79 Å². The van der Waals surface area contributed by atoms with E-state index < -0.39 is 11.9 Å². The molecule has 150 valence electrons. The number of carbonyl (C=O) groups excluding carboxylic acids is 2. The maximum atomic E-state index is 13.8. The standard InChI is InChI=1S/C22H22FN3O3/c1-15(29-18-8-6-16(14-24)7-9-18)21(27)25-17-10-12-26(13-11-17)22(28)19-4-2-3-5-20(19)23/h2-9,15,17H,10-13H2,1H3,(H,25,27). The fraction of sp³-hybridized carbons (Fsp3) is 0.318. The number of likely N-dealkylation sites (tertiary alicyclic amines) is 1. The lowest BCUT2D eigenvalue weighted by molar-refractivity contribution is -0.128. The summed E-state index contributed by atoms with van der Waals surface area (Å²) in [7, 11) is 0. The molecule has 0 aliphatic carbocycles. The van der Waals surface area contributed by atoms with Crippen LogP contribution in [0.3, 0.4) is 0 Å². The van der Waals surface area contributed by atoms with Gasteiger partial charge in [-0.1, -0.05) is 12.1 Å². The predicted octanol–water partition coefficient (Wildman–Crippen LogP) is 2.89. The first-order chi connectivity index (χ1) is 14.0. The van der Waals surface area contributed by atoms with Crippen molar-refractivity contribution in [1.82, 2.24) is 10.2 Å². The Labute approximate surface area is 168 Å². The normalized spacial score (nSPS) is 15.3. The zero-order chi connectivity index (χ0) is 20.8. The number of benzene rings is 2. The molecule has 1 atom stereocenters. The fourth-order valence-electron chi connectivity index (χ4n) is 3.22. The van der Waals surface area contributed by atoms with E-state index in [1.54, 1.807) is 48.2 Å². The number of carbonyl (C=O) groups is 2. The van der Waals surface area contributed by atoms with Crippen LogP contribution in [0.2, 0.25) is 0 Å². The van der Waals surface area contributed by atoms with Crippen molar-refractivity contribution in [2.24, 2.45) is 0 Å². The third-order valence-electron chi connectivity index (χ3n) is 4.90. The summed E-state index contributed by atoms with van der Waals surface area (Å²) in [6, 6.07) is 14.4. The quantitative estimate of drug-likeness (QED) is 0.844. The van der Waals surface area contributed by atoms with Crippen molar-refractivity contribution in [3.63, 3.8) is 0 Å². The van der Waals surface area contributed by atoms with Crippen molar-refractivity contribution in [2.75, 3.05) is 13.1 Å². The topological polar surface area (TPSA) is 82.4 Å². The van der Waals surface area contributed by atoms with Gasteiger partial charge in [-0.05, 0) is 56.2 Å². The van der Waals surface area contributed by atoms with Crippen LogP contribution in [0.25, 0.3) is 0 Å². The Morgan fingerprint density at radius 2 is 1.83 bits per heavy atom. The van der Waals surface area contributed by atoms with Crippen LogP contribution in [0, 0.1) is 17.1 Å². The molecule has 0 aromatic heterocycles. The zero-order valence-electron chi connectivity index (χ0n) is 16.1. The monoisotopic (exact) mass is 395 g/mol. The molecule has 1 saturated heterocycles. The Morgan fingerprint density at radius 1 is 1.17 bits per heavy atom. The number of halogens is 1. The van der Waals surface area contributed by atoms with Crippen LogP contribution in [0.15, 0.2) is 48.5 Å². The summed E-state index contributed by atoms with van der Waals surface area (Å²) in [6.45, 7) is 2.55. The van der Waals surface area contributed by atoms with Crippen LogP contribution in [0.5, 0.6) is 5.75 Å². The van der Waals surface area contributed by atoms with Gasteiger partial charge < -0.3 is 15.0 Å². The Bertz CT molecular complexity index is 916. The van der Waals surface area contributed by atoms with Gasteiger partial charge in [-0.2, -0.15) is 5.26 Å². The molecular weight excluding hydrogens is 373 g/mol. The number of rotatable bonds is 5. The summed E-state index contributed by atoms with van der Waals surface area (Å²) >= 11 is 0. The molecule has 1 fully saturated rings. The van der Waals surface area contributed by atoms with Crippen molar-refractivity contribution >= 4 is 11.8 Å². The summed E-state index contributed by atoms with van der Waals surface area (Å²) < 4.78 is 19.4. The minimum Gasteiger partial charge on any atom is -0.481 e. The van der Waals surface area contributed by atoms with Gasteiger partial charge in [0.25, 0.3) is 11.8 Å². The van der Waals surface area contributed by atoms with Crippen LogP contribution in [-0.4, -0.2) is 41.9 Å². The molecule has 0 radical (unpaired) electrons. The molecule has 2 aromatic carbocycles. The van der Waals surface area contributed by atoms with Crippen molar-refractivity contribution in [1.29, 1.82) is 5.26 Å². The highest BCUT2D eigenvalue weighted by Gasteiger charge is 2.27. The predicted molar refractivity (Wildman–Crippen MR) is 105 cm³/mol. The molecule has 2 amide bonds. The number of hydrogen-bond donors (Lipinski definition) is 1. The molecule has 1 aliphatic rings. The molecular formula is C22H22FN3O3. The van der Waals surface area contributed by atoms with E-state index in [9.17, 15) is 14.0 Å². The Balaban J connectivity index is 1.48. The summed E-state index contributed by atoms with van der Waals surface area (Å²) in [5, 5.41) is 11.8. The lowest BCUT2D eigenvalue weighted by Crippen LogP contribution is -2.49. The highest BCUT2D eigenvalue weighted by Crippen LogP contribution is 2.17. The molecule has 0 saturated carbocycles. The van der Waals surface area contributed by atoms with Gasteiger partial charge in [-0.3, -0.25) is 9.59 Å². The molecule has 3 rings (SSSR count). The average molecular weight is 395 g/mol. The molecule has 0 spiro atoms. The first kappa shape index (κ1) is 20.3. The number of nitriles is 1. The average Bonchev–Trinajstić information content (AvgIpc) is 2.74. The van der Waals surface area contributed by atoms with Crippen molar-refractivity contribution in [2.45, 2.75) is 31.9 Å². The van der Waals surface area contributed by atoms with Crippen LogP contribution < -0.4 is 10.1 Å². The third kappa shape index (κ3) is 5.11. The first-order valence-electron chi connectivity index (χ1n) is 9.49. The molecule has 1 aliphatic heterocycles. The lowest BCUT2D eigenvalue weighted by atomic mass is 10.0. The van der Waals surface area contributed by atoms with Gasteiger partial charge >= 0.3 is 0 Å². The van der Waals surface area contributed by atoms with Gasteiger partial charge in [0.05, 0.1) is 17.2 Å². The summed E-state index contributed by atoms with van der Waals surface area (Å²) in [4.78, 5) is 26.5. The Hall–Kier alpha value is -3.40. The van der Waals surface area contributed by atoms with Crippen molar-refractivity contribution < 1.29 is 18.7 Å². The van der Waals surface area contributed by atoms with E-state index >= 15 is 0 Å². The van der Waals surface area contributed by atoms with E-state index in [-0.39, 0.29) is 23.4 Å². The van der Waals surface area contributed by atoms with E-state index in [2.05, 4.69) is 5.32 Å². The highest BCUT2D eigenvalue weighted by atomic mass is 19.1. The fourth-order valence-corrected chi connectivity index (χ4v) is 3.22. The molecule has 6 nitrogen and oxygen atoms in total. The van der Waals surface area contributed by atoms with Gasteiger partial charge in [0.15, 0.2) is 6.10 Å². The molecule has 1 unspecified atom stereocenters. The number of amides is 2. The number of ether oxygens (including phenoxy) is 1. The molecule has 2 aromatic rings. The number of hydrogen-bond acceptors (Lipinski definition) is 4. The molecule has 0 bridgehead atoms. The number of nitrogens with zero attached hydrogens (tertiary/aromatic N) is 2. The SMILES string of the molecule is CC(Oc1ccc(C#N)cc1)C(=O)NC1CCN(C(=O)c2ccccc2F)CC1. The number of piperidine rings is 1. The summed E-state index contributed by atoms with van der Waals surface area (Å²) in [6.07, 6.45) is 0.492. The lowest BCUT2D eigenvalue weighted by Gasteiger charge is -2.33.